The zero-order chi connectivity index (χ0) is 18.5. The van der Waals surface area contributed by atoms with Crippen molar-refractivity contribution < 1.29 is 13.6 Å². The zero-order valence-electron chi connectivity index (χ0n) is 15.4. The lowest BCUT2D eigenvalue weighted by Crippen LogP contribution is -2.54. The van der Waals surface area contributed by atoms with E-state index in [0.29, 0.717) is 23.8 Å². The van der Waals surface area contributed by atoms with E-state index in [1.165, 1.54) is 0 Å². The highest BCUT2D eigenvalue weighted by molar-refractivity contribution is 6.84. The normalized spacial score (nSPS) is 12.0. The monoisotopic (exact) mass is 376 g/mol. The van der Waals surface area contributed by atoms with Gasteiger partial charge in [-0.05, 0) is 50.5 Å². The van der Waals surface area contributed by atoms with E-state index in [9.17, 15) is 0 Å². The molecule has 5 nitrogen and oxygen atoms in total. The molecule has 136 valence electrons. The highest BCUT2D eigenvalue weighted by Crippen LogP contribution is 2.21. The van der Waals surface area contributed by atoms with E-state index >= 15 is 0 Å². The van der Waals surface area contributed by atoms with E-state index in [1.807, 2.05) is 48.5 Å². The van der Waals surface area contributed by atoms with Gasteiger partial charge in [0.15, 0.2) is 8.32 Å². The first-order chi connectivity index (χ1) is 11.7. The number of nitrogens with two attached hydrogens (primary N) is 2. The van der Waals surface area contributed by atoms with Crippen molar-refractivity contribution in [3.63, 3.8) is 0 Å². The van der Waals surface area contributed by atoms with E-state index in [0.717, 1.165) is 11.5 Å². The lowest BCUT2D eigenvalue weighted by Gasteiger charge is -2.34. The summed E-state index contributed by atoms with van der Waals surface area (Å²) in [6.07, 6.45) is 1.01. The van der Waals surface area contributed by atoms with E-state index in [1.54, 1.807) is 0 Å². The molecule has 0 aliphatic rings. The first-order valence-electron chi connectivity index (χ1n) is 8.32. The minimum atomic E-state index is -2.25. The first kappa shape index (κ1) is 19.4. The molecule has 25 heavy (non-hydrogen) atoms. The van der Waals surface area contributed by atoms with Crippen LogP contribution in [0.2, 0.25) is 26.2 Å². The third-order valence-electron chi connectivity index (χ3n) is 3.36. The molecule has 4 N–H and O–H groups in total. The molecule has 0 fully saturated rings. The topological polar surface area (TPSA) is 79.7 Å². The predicted octanol–water partition coefficient (Wildman–Crippen LogP) is 3.81. The highest BCUT2D eigenvalue weighted by Gasteiger charge is 2.37. The minimum absolute atomic E-state index is 0.503. The van der Waals surface area contributed by atoms with E-state index in [-0.39, 0.29) is 0 Å². The van der Waals surface area contributed by atoms with Gasteiger partial charge in [-0.25, -0.2) is 0 Å². The molecule has 0 bridgehead atoms. The van der Waals surface area contributed by atoms with Crippen molar-refractivity contribution >= 4 is 28.0 Å². The molecule has 0 radical (unpaired) electrons. The molecule has 2 rings (SSSR count). The van der Waals surface area contributed by atoms with Crippen molar-refractivity contribution in [1.29, 1.82) is 0 Å². The van der Waals surface area contributed by atoms with Gasteiger partial charge in [0.25, 0.3) is 8.32 Å². The Hall–Kier alpha value is -1.97. The molecule has 0 aromatic heterocycles. The fourth-order valence-electron chi connectivity index (χ4n) is 2.52. The Bertz CT molecular complexity index is 655. The summed E-state index contributed by atoms with van der Waals surface area (Å²) in [6, 6.07) is 14.9. The summed E-state index contributed by atoms with van der Waals surface area (Å²) in [4.78, 5) is 0. The van der Waals surface area contributed by atoms with Gasteiger partial charge in [0.05, 0.1) is 0 Å². The Morgan fingerprint density at radius 1 is 0.760 bits per heavy atom. The molecule has 0 aliphatic carbocycles. The predicted molar refractivity (Wildman–Crippen MR) is 109 cm³/mol. The van der Waals surface area contributed by atoms with Gasteiger partial charge in [0, 0.05) is 23.5 Å². The van der Waals surface area contributed by atoms with Crippen LogP contribution in [0.3, 0.4) is 0 Å². The van der Waals surface area contributed by atoms with Crippen molar-refractivity contribution in [1.82, 2.24) is 0 Å². The zero-order valence-corrected chi connectivity index (χ0v) is 17.4. The van der Waals surface area contributed by atoms with E-state index in [2.05, 4.69) is 26.2 Å². The Morgan fingerprint density at radius 2 is 1.20 bits per heavy atom. The first-order valence-corrected chi connectivity index (χ1v) is 14.6. The second kappa shape index (κ2) is 7.94. The average molecular weight is 377 g/mol. The molecular formula is C18H28N2O3Si2. The number of anilines is 2. The van der Waals surface area contributed by atoms with Crippen LogP contribution in [0.4, 0.5) is 11.4 Å². The van der Waals surface area contributed by atoms with Crippen molar-refractivity contribution in [2.24, 2.45) is 0 Å². The van der Waals surface area contributed by atoms with Crippen LogP contribution < -0.4 is 20.9 Å². The average Bonchev–Trinajstić information content (AvgIpc) is 2.50. The number of ether oxygens (including phenoxy) is 2. The van der Waals surface area contributed by atoms with Crippen LogP contribution in [0, 0.1) is 0 Å². The summed E-state index contributed by atoms with van der Waals surface area (Å²) in [5.41, 5.74) is 13.0. The van der Waals surface area contributed by atoms with Crippen LogP contribution in [-0.2, 0) is 4.12 Å². The number of benzene rings is 2. The van der Waals surface area contributed by atoms with Crippen molar-refractivity contribution in [2.75, 3.05) is 23.9 Å². The van der Waals surface area contributed by atoms with E-state index in [4.69, 9.17) is 25.1 Å². The second-order valence-corrected chi connectivity index (χ2v) is 15.9. The third kappa shape index (κ3) is 6.81. The fourth-order valence-corrected chi connectivity index (χ4v) is 9.93. The lowest BCUT2D eigenvalue weighted by molar-refractivity contribution is 0.307. The van der Waals surface area contributed by atoms with Crippen LogP contribution in [0.25, 0.3) is 0 Å². The number of hydrogen-bond acceptors (Lipinski definition) is 5. The van der Waals surface area contributed by atoms with Crippen LogP contribution in [0.15, 0.2) is 48.5 Å². The van der Waals surface area contributed by atoms with Gasteiger partial charge in [-0.2, -0.15) is 0 Å². The van der Waals surface area contributed by atoms with Gasteiger partial charge in [0.1, 0.15) is 24.0 Å². The largest absolute Gasteiger partial charge is 0.494 e. The number of rotatable bonds is 8. The standard InChI is InChI=1S/C18H28N2O3Si2/c1-24(2,3)23-25(4,13-21-17-9-5-7-15(19)11-17)14-22-18-10-6-8-16(20)12-18/h5-12H,13-14,19-20H2,1-4H3. The van der Waals surface area contributed by atoms with Gasteiger partial charge >= 0.3 is 0 Å². The lowest BCUT2D eigenvalue weighted by atomic mass is 10.3. The summed E-state index contributed by atoms with van der Waals surface area (Å²) >= 11 is 0. The van der Waals surface area contributed by atoms with E-state index < -0.39 is 16.6 Å². The van der Waals surface area contributed by atoms with Crippen LogP contribution in [0.1, 0.15) is 0 Å². The molecule has 0 spiro atoms. The second-order valence-electron chi connectivity index (χ2n) is 7.39. The summed E-state index contributed by atoms with van der Waals surface area (Å²) < 4.78 is 18.5. The fraction of sp³-hybridized carbons (Fsp3) is 0.333. The number of hydrogen-bond donors (Lipinski definition) is 2. The molecule has 2 aromatic rings. The minimum Gasteiger partial charge on any atom is -0.494 e. The Balaban J connectivity index is 2.07. The third-order valence-corrected chi connectivity index (χ3v) is 9.29. The van der Waals surface area contributed by atoms with Crippen molar-refractivity contribution in [2.45, 2.75) is 26.2 Å². The molecule has 7 heteroatoms. The van der Waals surface area contributed by atoms with Crippen LogP contribution in [0.5, 0.6) is 11.5 Å². The Labute approximate surface area is 152 Å². The maximum Gasteiger partial charge on any atom is 0.254 e. The van der Waals surface area contributed by atoms with Gasteiger partial charge in [0.2, 0.25) is 0 Å². The van der Waals surface area contributed by atoms with Gasteiger partial charge < -0.3 is 25.1 Å². The summed E-state index contributed by atoms with van der Waals surface area (Å²) in [5.74, 6) is 1.50. The maximum absolute atomic E-state index is 6.49. The molecular weight excluding hydrogens is 348 g/mol. The summed E-state index contributed by atoms with van der Waals surface area (Å²) in [5, 5.41) is 0. The van der Waals surface area contributed by atoms with Gasteiger partial charge in [-0.3, -0.25) is 0 Å². The van der Waals surface area contributed by atoms with Crippen LogP contribution in [-0.4, -0.2) is 29.1 Å². The van der Waals surface area contributed by atoms with Crippen LogP contribution >= 0.6 is 0 Å². The summed E-state index contributed by atoms with van der Waals surface area (Å²) in [7, 11) is -3.99. The molecule has 0 saturated carbocycles. The van der Waals surface area contributed by atoms with Gasteiger partial charge in [-0.1, -0.05) is 12.1 Å². The molecule has 0 amide bonds. The van der Waals surface area contributed by atoms with Gasteiger partial charge in [-0.15, -0.1) is 0 Å². The highest BCUT2D eigenvalue weighted by atomic mass is 28.4. The maximum atomic E-state index is 6.49. The molecule has 0 unspecified atom stereocenters. The Morgan fingerprint density at radius 3 is 1.56 bits per heavy atom. The quantitative estimate of drug-likeness (QED) is 0.541. The molecule has 2 aromatic carbocycles. The smallest absolute Gasteiger partial charge is 0.254 e. The Kier molecular flexibility index (Phi) is 6.15. The molecule has 0 atom stereocenters. The van der Waals surface area contributed by atoms with Crippen molar-refractivity contribution in [3.8, 4) is 11.5 Å². The SMILES string of the molecule is C[Si](C)(C)O[Si](C)(COc1cccc(N)c1)COc1cccc(N)c1. The molecule has 0 heterocycles. The number of nitrogen functional groups attached to an aromatic ring is 2. The summed E-state index contributed by atoms with van der Waals surface area (Å²) in [6.45, 7) is 8.68. The molecule has 0 saturated heterocycles. The molecule has 0 aliphatic heterocycles. The van der Waals surface area contributed by atoms with Crippen molar-refractivity contribution in [3.05, 3.63) is 48.5 Å².